The molecule has 0 atom stereocenters. The fourth-order valence-corrected chi connectivity index (χ4v) is 4.42. The van der Waals surface area contributed by atoms with Crippen molar-refractivity contribution in [1.82, 2.24) is 4.31 Å². The van der Waals surface area contributed by atoms with Gasteiger partial charge in [-0.3, -0.25) is 4.79 Å². The van der Waals surface area contributed by atoms with Gasteiger partial charge in [0.15, 0.2) is 0 Å². The molecule has 3 aromatic rings. The third-order valence-corrected chi connectivity index (χ3v) is 6.58. The summed E-state index contributed by atoms with van der Waals surface area (Å²) in [7, 11) is -3.98. The van der Waals surface area contributed by atoms with E-state index in [9.17, 15) is 17.6 Å². The Morgan fingerprint density at radius 2 is 1.56 bits per heavy atom. The van der Waals surface area contributed by atoms with Gasteiger partial charge in [0.25, 0.3) is 0 Å². The average molecular weight is 452 g/mol. The highest BCUT2D eigenvalue weighted by Gasteiger charge is 2.27. The predicted octanol–water partition coefficient (Wildman–Crippen LogP) is 4.03. The number of benzene rings is 3. The van der Waals surface area contributed by atoms with Crippen LogP contribution in [0.2, 0.25) is 0 Å². The largest absolute Gasteiger partial charge is 0.325 e. The minimum absolute atomic E-state index is 0.0684. The summed E-state index contributed by atoms with van der Waals surface area (Å²) in [6, 6.07) is 20.6. The minimum Gasteiger partial charge on any atom is -0.325 e. The maximum Gasteiger partial charge on any atom is 0.243 e. The molecule has 0 saturated carbocycles. The Balaban J connectivity index is 1.82. The number of nitrogens with one attached hydrogen (secondary N) is 1. The van der Waals surface area contributed by atoms with Gasteiger partial charge < -0.3 is 5.32 Å². The van der Waals surface area contributed by atoms with Crippen molar-refractivity contribution in [2.24, 2.45) is 0 Å². The number of sulfonamides is 1. The molecule has 0 aliphatic heterocycles. The van der Waals surface area contributed by atoms with Crippen LogP contribution in [0.25, 0.3) is 0 Å². The Bertz CT molecular complexity index is 1220. The summed E-state index contributed by atoms with van der Waals surface area (Å²) in [6.45, 7) is 1.33. The molecule has 0 unspecified atom stereocenters. The Hall–Kier alpha value is -3.54. The molecule has 0 heterocycles. The van der Waals surface area contributed by atoms with Gasteiger partial charge in [0.1, 0.15) is 5.82 Å². The van der Waals surface area contributed by atoms with Crippen molar-refractivity contribution < 1.29 is 17.6 Å². The summed E-state index contributed by atoms with van der Waals surface area (Å²) in [5.74, 6) is -0.949. The van der Waals surface area contributed by atoms with Crippen LogP contribution >= 0.6 is 0 Å². The number of aryl methyl sites for hydroxylation is 1. The van der Waals surface area contributed by atoms with Crippen molar-refractivity contribution in [3.63, 3.8) is 0 Å². The van der Waals surface area contributed by atoms with Gasteiger partial charge in [0.2, 0.25) is 15.9 Å². The predicted molar refractivity (Wildman–Crippen MR) is 120 cm³/mol. The first-order chi connectivity index (χ1) is 15.3. The summed E-state index contributed by atoms with van der Waals surface area (Å²) < 4.78 is 40.9. The fraction of sp³-hybridized carbons (Fsp3) is 0.167. The average Bonchev–Trinajstić information content (AvgIpc) is 2.76. The van der Waals surface area contributed by atoms with E-state index in [1.54, 1.807) is 36.4 Å². The highest BCUT2D eigenvalue weighted by atomic mass is 32.2. The number of halogens is 1. The first kappa shape index (κ1) is 23.1. The van der Waals surface area contributed by atoms with Gasteiger partial charge in [0, 0.05) is 12.2 Å². The summed E-state index contributed by atoms with van der Waals surface area (Å²) in [5.41, 5.74) is 2.76. The SMILES string of the molecule is Cc1ccc(S(=O)(=O)N(CC(=O)Nc2ccc(CC#N)cc2)Cc2ccc(F)cc2)cc1. The van der Waals surface area contributed by atoms with Gasteiger partial charge in [0.05, 0.1) is 23.9 Å². The van der Waals surface area contributed by atoms with Crippen LogP contribution in [-0.2, 0) is 27.8 Å². The lowest BCUT2D eigenvalue weighted by molar-refractivity contribution is -0.116. The zero-order valence-electron chi connectivity index (χ0n) is 17.5. The standard InChI is InChI=1S/C24H22FN3O3S/c1-18-2-12-23(13-3-18)32(30,31)28(16-20-4-8-21(25)9-5-20)17-24(29)27-22-10-6-19(7-11-22)14-15-26/h2-13H,14,16-17H2,1H3,(H,27,29). The Morgan fingerprint density at radius 3 is 2.16 bits per heavy atom. The van der Waals surface area contributed by atoms with Crippen molar-refractivity contribution in [2.45, 2.75) is 24.8 Å². The molecule has 0 spiro atoms. The summed E-state index contributed by atoms with van der Waals surface area (Å²) in [6.07, 6.45) is 0.258. The monoisotopic (exact) mass is 451 g/mol. The van der Waals surface area contributed by atoms with E-state index < -0.39 is 28.3 Å². The summed E-state index contributed by atoms with van der Waals surface area (Å²) in [5, 5.41) is 11.4. The molecule has 6 nitrogen and oxygen atoms in total. The van der Waals surface area contributed by atoms with Gasteiger partial charge in [-0.1, -0.05) is 42.0 Å². The third kappa shape index (κ3) is 6.00. The lowest BCUT2D eigenvalue weighted by Crippen LogP contribution is -2.37. The Labute approximate surface area is 187 Å². The van der Waals surface area contributed by atoms with E-state index in [0.717, 1.165) is 15.4 Å². The molecule has 1 amide bonds. The number of nitrogens with zero attached hydrogens (tertiary/aromatic N) is 2. The first-order valence-electron chi connectivity index (χ1n) is 9.85. The fourth-order valence-electron chi connectivity index (χ4n) is 3.04. The zero-order chi connectivity index (χ0) is 23.1. The molecule has 0 aromatic heterocycles. The van der Waals surface area contributed by atoms with Crippen LogP contribution in [0.15, 0.2) is 77.7 Å². The van der Waals surface area contributed by atoms with E-state index in [1.807, 2.05) is 13.0 Å². The highest BCUT2D eigenvalue weighted by molar-refractivity contribution is 7.89. The molecule has 1 N–H and O–H groups in total. The number of anilines is 1. The Morgan fingerprint density at radius 1 is 0.969 bits per heavy atom. The van der Waals surface area contributed by atoms with Crippen LogP contribution in [0.5, 0.6) is 0 Å². The van der Waals surface area contributed by atoms with E-state index in [-0.39, 0.29) is 17.9 Å². The van der Waals surface area contributed by atoms with Crippen LogP contribution < -0.4 is 5.32 Å². The Kier molecular flexibility index (Phi) is 7.36. The number of carbonyl (C=O) groups is 1. The molecule has 0 radical (unpaired) electrons. The number of amides is 1. The van der Waals surface area contributed by atoms with Gasteiger partial charge in [-0.15, -0.1) is 0 Å². The van der Waals surface area contributed by atoms with Crippen molar-refractivity contribution in [3.05, 3.63) is 95.3 Å². The van der Waals surface area contributed by atoms with E-state index in [2.05, 4.69) is 5.32 Å². The molecule has 0 bridgehead atoms. The molecular weight excluding hydrogens is 429 g/mol. The number of hydrogen-bond donors (Lipinski definition) is 1. The highest BCUT2D eigenvalue weighted by Crippen LogP contribution is 2.20. The summed E-state index contributed by atoms with van der Waals surface area (Å²) in [4.78, 5) is 12.7. The van der Waals surface area contributed by atoms with E-state index >= 15 is 0 Å². The van der Waals surface area contributed by atoms with Gasteiger partial charge in [-0.05, 0) is 54.4 Å². The van der Waals surface area contributed by atoms with E-state index in [1.165, 1.54) is 36.4 Å². The molecule has 8 heteroatoms. The third-order valence-electron chi connectivity index (χ3n) is 4.77. The van der Waals surface area contributed by atoms with Crippen molar-refractivity contribution in [2.75, 3.05) is 11.9 Å². The van der Waals surface area contributed by atoms with Gasteiger partial charge in [-0.25, -0.2) is 12.8 Å². The number of nitriles is 1. The van der Waals surface area contributed by atoms with Crippen LogP contribution in [0.4, 0.5) is 10.1 Å². The summed E-state index contributed by atoms with van der Waals surface area (Å²) >= 11 is 0. The van der Waals surface area contributed by atoms with Gasteiger partial charge in [-0.2, -0.15) is 9.57 Å². The van der Waals surface area contributed by atoms with Gasteiger partial charge >= 0.3 is 0 Å². The smallest absolute Gasteiger partial charge is 0.243 e. The molecular formula is C24H22FN3O3S. The molecule has 0 aliphatic carbocycles. The van der Waals surface area contributed by atoms with Crippen LogP contribution in [0, 0.1) is 24.1 Å². The maximum absolute atomic E-state index is 13.3. The minimum atomic E-state index is -3.98. The van der Waals surface area contributed by atoms with E-state index in [4.69, 9.17) is 5.26 Å². The quantitative estimate of drug-likeness (QED) is 0.560. The van der Waals surface area contributed by atoms with E-state index in [0.29, 0.717) is 11.3 Å². The normalized spacial score (nSPS) is 11.2. The number of carbonyl (C=O) groups excluding carboxylic acids is 1. The first-order valence-corrected chi connectivity index (χ1v) is 11.3. The molecule has 164 valence electrons. The topological polar surface area (TPSA) is 90.3 Å². The molecule has 0 aliphatic rings. The lowest BCUT2D eigenvalue weighted by atomic mass is 10.1. The molecule has 0 saturated heterocycles. The lowest BCUT2D eigenvalue weighted by Gasteiger charge is -2.22. The van der Waals surface area contributed by atoms with Crippen LogP contribution in [0.3, 0.4) is 0 Å². The molecule has 3 rings (SSSR count). The van der Waals surface area contributed by atoms with Crippen LogP contribution in [-0.4, -0.2) is 25.2 Å². The number of hydrogen-bond acceptors (Lipinski definition) is 4. The van der Waals surface area contributed by atoms with Crippen molar-refractivity contribution in [1.29, 1.82) is 5.26 Å². The maximum atomic E-state index is 13.3. The molecule has 32 heavy (non-hydrogen) atoms. The van der Waals surface area contributed by atoms with Crippen molar-refractivity contribution >= 4 is 21.6 Å². The molecule has 3 aromatic carbocycles. The second kappa shape index (κ2) is 10.2. The number of rotatable bonds is 8. The second-order valence-electron chi connectivity index (χ2n) is 7.29. The molecule has 0 fully saturated rings. The van der Waals surface area contributed by atoms with Crippen molar-refractivity contribution in [3.8, 4) is 6.07 Å². The zero-order valence-corrected chi connectivity index (χ0v) is 18.3. The second-order valence-corrected chi connectivity index (χ2v) is 9.23. The van der Waals surface area contributed by atoms with Crippen LogP contribution in [0.1, 0.15) is 16.7 Å².